The zero-order valence-corrected chi connectivity index (χ0v) is 10.2. The molecule has 15 heavy (non-hydrogen) atoms. The maximum atomic E-state index is 10.8. The van der Waals surface area contributed by atoms with Gasteiger partial charge in [0.15, 0.2) is 0 Å². The van der Waals surface area contributed by atoms with Gasteiger partial charge in [-0.3, -0.25) is 0 Å². The summed E-state index contributed by atoms with van der Waals surface area (Å²) in [6.07, 6.45) is 0. The van der Waals surface area contributed by atoms with Crippen LogP contribution < -0.4 is 4.74 Å². The quantitative estimate of drug-likeness (QED) is 0.921. The van der Waals surface area contributed by atoms with E-state index in [1.807, 2.05) is 12.1 Å². The lowest BCUT2D eigenvalue weighted by Gasteiger charge is -2.01. The molecular formula is C10H7BrO3S. The standard InChI is InChI=1S/C10H7BrO3S/c1-14-7-3-2-6(11)9-5(7)4-8(15-9)10(12)13/h2-4H,1H3,(H,12,13). The number of thiophene rings is 1. The van der Waals surface area contributed by atoms with E-state index in [-0.39, 0.29) is 0 Å². The molecule has 3 nitrogen and oxygen atoms in total. The van der Waals surface area contributed by atoms with Crippen LogP contribution in [0.5, 0.6) is 5.75 Å². The molecule has 0 bridgehead atoms. The highest BCUT2D eigenvalue weighted by atomic mass is 79.9. The van der Waals surface area contributed by atoms with Crippen molar-refractivity contribution >= 4 is 43.3 Å². The van der Waals surface area contributed by atoms with Gasteiger partial charge in [0.25, 0.3) is 0 Å². The predicted molar refractivity (Wildman–Crippen MR) is 63.0 cm³/mol. The highest BCUT2D eigenvalue weighted by Gasteiger charge is 2.13. The number of carboxylic acids is 1. The molecular weight excluding hydrogens is 280 g/mol. The first-order valence-electron chi connectivity index (χ1n) is 4.13. The zero-order valence-electron chi connectivity index (χ0n) is 7.78. The number of benzene rings is 1. The van der Waals surface area contributed by atoms with E-state index in [0.717, 1.165) is 14.6 Å². The number of aromatic carboxylic acids is 1. The van der Waals surface area contributed by atoms with Crippen molar-refractivity contribution in [3.8, 4) is 5.75 Å². The molecule has 0 saturated carbocycles. The lowest BCUT2D eigenvalue weighted by molar-refractivity contribution is 0.0702. The van der Waals surface area contributed by atoms with Crippen molar-refractivity contribution in [1.82, 2.24) is 0 Å². The van der Waals surface area contributed by atoms with Crippen LogP contribution in [0.3, 0.4) is 0 Å². The van der Waals surface area contributed by atoms with Crippen LogP contribution in [0, 0.1) is 0 Å². The van der Waals surface area contributed by atoms with Crippen molar-refractivity contribution in [3.63, 3.8) is 0 Å². The summed E-state index contributed by atoms with van der Waals surface area (Å²) in [6, 6.07) is 5.29. The zero-order chi connectivity index (χ0) is 11.0. The maximum Gasteiger partial charge on any atom is 0.345 e. The van der Waals surface area contributed by atoms with Gasteiger partial charge in [-0.15, -0.1) is 11.3 Å². The predicted octanol–water partition coefficient (Wildman–Crippen LogP) is 3.37. The third-order valence-corrected chi connectivity index (χ3v) is 4.11. The fourth-order valence-electron chi connectivity index (χ4n) is 1.35. The van der Waals surface area contributed by atoms with Crippen LogP contribution in [0.4, 0.5) is 0 Å². The first-order chi connectivity index (χ1) is 7.13. The highest BCUT2D eigenvalue weighted by Crippen LogP contribution is 2.37. The topological polar surface area (TPSA) is 46.5 Å². The fraction of sp³-hybridized carbons (Fsp3) is 0.100. The van der Waals surface area contributed by atoms with Crippen LogP contribution in [-0.4, -0.2) is 18.2 Å². The van der Waals surface area contributed by atoms with Gasteiger partial charge in [0, 0.05) is 9.86 Å². The average molecular weight is 287 g/mol. The van der Waals surface area contributed by atoms with Crippen LogP contribution in [-0.2, 0) is 0 Å². The Kier molecular flexibility index (Phi) is 2.67. The first kappa shape index (κ1) is 10.4. The number of carbonyl (C=O) groups is 1. The minimum atomic E-state index is -0.912. The SMILES string of the molecule is COc1ccc(Br)c2sc(C(=O)O)cc12. The number of halogens is 1. The molecule has 0 spiro atoms. The van der Waals surface area contributed by atoms with Gasteiger partial charge >= 0.3 is 5.97 Å². The molecule has 0 atom stereocenters. The molecule has 0 aliphatic carbocycles. The fourth-order valence-corrected chi connectivity index (χ4v) is 2.86. The van der Waals surface area contributed by atoms with Gasteiger partial charge in [0.1, 0.15) is 10.6 Å². The number of fused-ring (bicyclic) bond motifs is 1. The van der Waals surface area contributed by atoms with Crippen molar-refractivity contribution in [2.24, 2.45) is 0 Å². The number of carboxylic acid groups (broad SMARTS) is 1. The average Bonchev–Trinajstić information content (AvgIpc) is 2.64. The lowest BCUT2D eigenvalue weighted by atomic mass is 10.2. The number of hydrogen-bond donors (Lipinski definition) is 1. The first-order valence-corrected chi connectivity index (χ1v) is 5.73. The molecule has 78 valence electrons. The second-order valence-electron chi connectivity index (χ2n) is 2.91. The summed E-state index contributed by atoms with van der Waals surface area (Å²) in [4.78, 5) is 11.2. The number of ether oxygens (including phenoxy) is 1. The van der Waals surface area contributed by atoms with Crippen molar-refractivity contribution < 1.29 is 14.6 Å². The lowest BCUT2D eigenvalue weighted by Crippen LogP contribution is -1.89. The van der Waals surface area contributed by atoms with E-state index in [2.05, 4.69) is 15.9 Å². The van der Waals surface area contributed by atoms with Crippen LogP contribution in [0.25, 0.3) is 10.1 Å². The Bertz CT molecular complexity index is 533. The molecule has 0 aliphatic heterocycles. The molecule has 5 heteroatoms. The van der Waals surface area contributed by atoms with E-state index in [1.165, 1.54) is 11.3 Å². The van der Waals surface area contributed by atoms with E-state index >= 15 is 0 Å². The van der Waals surface area contributed by atoms with E-state index in [0.29, 0.717) is 10.6 Å². The van der Waals surface area contributed by atoms with E-state index in [1.54, 1.807) is 13.2 Å². The van der Waals surface area contributed by atoms with Gasteiger partial charge in [-0.1, -0.05) is 0 Å². The molecule has 2 rings (SSSR count). The van der Waals surface area contributed by atoms with Crippen LogP contribution in [0.15, 0.2) is 22.7 Å². The smallest absolute Gasteiger partial charge is 0.345 e. The van der Waals surface area contributed by atoms with Gasteiger partial charge < -0.3 is 9.84 Å². The Hall–Kier alpha value is -1.07. The summed E-state index contributed by atoms with van der Waals surface area (Å²) < 4.78 is 6.95. The number of hydrogen-bond acceptors (Lipinski definition) is 3. The maximum absolute atomic E-state index is 10.8. The third-order valence-electron chi connectivity index (χ3n) is 2.03. The summed E-state index contributed by atoms with van der Waals surface area (Å²) in [6.45, 7) is 0. The van der Waals surface area contributed by atoms with Crippen molar-refractivity contribution in [2.75, 3.05) is 7.11 Å². The Morgan fingerprint density at radius 3 is 2.87 bits per heavy atom. The molecule has 1 aromatic heterocycles. The van der Waals surface area contributed by atoms with Gasteiger partial charge in [0.2, 0.25) is 0 Å². The minimum Gasteiger partial charge on any atom is -0.496 e. The summed E-state index contributed by atoms with van der Waals surface area (Å²) in [7, 11) is 1.57. The van der Waals surface area contributed by atoms with Crippen molar-refractivity contribution in [2.45, 2.75) is 0 Å². The summed E-state index contributed by atoms with van der Waals surface area (Å²) in [5, 5.41) is 9.72. The van der Waals surface area contributed by atoms with Crippen LogP contribution in [0.2, 0.25) is 0 Å². The second-order valence-corrected chi connectivity index (χ2v) is 4.81. The summed E-state index contributed by atoms with van der Waals surface area (Å²) in [5.41, 5.74) is 0. The highest BCUT2D eigenvalue weighted by molar-refractivity contribution is 9.10. The van der Waals surface area contributed by atoms with E-state index in [4.69, 9.17) is 9.84 Å². The third kappa shape index (κ3) is 1.72. The molecule has 1 heterocycles. The van der Waals surface area contributed by atoms with Gasteiger partial charge in [0.05, 0.1) is 11.8 Å². The Morgan fingerprint density at radius 2 is 2.27 bits per heavy atom. The Labute approximate surface area is 98.4 Å². The largest absolute Gasteiger partial charge is 0.496 e. The molecule has 0 fully saturated rings. The molecule has 0 amide bonds. The molecule has 1 aromatic carbocycles. The molecule has 0 saturated heterocycles. The summed E-state index contributed by atoms with van der Waals surface area (Å²) in [5.74, 6) is -0.220. The van der Waals surface area contributed by atoms with E-state index < -0.39 is 5.97 Å². The van der Waals surface area contributed by atoms with Crippen LogP contribution >= 0.6 is 27.3 Å². The van der Waals surface area contributed by atoms with E-state index in [9.17, 15) is 4.79 Å². The Morgan fingerprint density at radius 1 is 1.53 bits per heavy atom. The second kappa shape index (κ2) is 3.83. The minimum absolute atomic E-state index is 0.315. The monoisotopic (exact) mass is 286 g/mol. The Balaban J connectivity index is 2.77. The summed E-state index contributed by atoms with van der Waals surface area (Å²) >= 11 is 4.62. The van der Waals surface area contributed by atoms with Crippen LogP contribution in [0.1, 0.15) is 9.67 Å². The number of rotatable bonds is 2. The van der Waals surface area contributed by atoms with Gasteiger partial charge in [-0.05, 0) is 34.1 Å². The van der Waals surface area contributed by atoms with Gasteiger partial charge in [-0.2, -0.15) is 0 Å². The molecule has 1 N–H and O–H groups in total. The van der Waals surface area contributed by atoms with Crippen molar-refractivity contribution in [3.05, 3.63) is 27.5 Å². The van der Waals surface area contributed by atoms with Crippen molar-refractivity contribution in [1.29, 1.82) is 0 Å². The normalized spacial score (nSPS) is 10.5. The molecule has 2 aromatic rings. The molecule has 0 unspecified atom stereocenters. The van der Waals surface area contributed by atoms with Gasteiger partial charge in [-0.25, -0.2) is 4.79 Å². The number of methoxy groups -OCH3 is 1. The molecule has 0 radical (unpaired) electrons. The molecule has 0 aliphatic rings.